The summed E-state index contributed by atoms with van der Waals surface area (Å²) in [6.07, 6.45) is 0. The molecule has 5 heteroatoms. The van der Waals surface area contributed by atoms with Gasteiger partial charge < -0.3 is 0 Å². The zero-order chi connectivity index (χ0) is 11.7. The fourth-order valence-electron chi connectivity index (χ4n) is 1.44. The van der Waals surface area contributed by atoms with E-state index in [4.69, 9.17) is 23.2 Å². The molecule has 0 aliphatic heterocycles. The first-order chi connectivity index (χ1) is 7.61. The highest BCUT2D eigenvalue weighted by molar-refractivity contribution is 9.12. The summed E-state index contributed by atoms with van der Waals surface area (Å²) in [5.74, 6) is 0. The van der Waals surface area contributed by atoms with Crippen molar-refractivity contribution < 1.29 is 0 Å². The number of nitrogens with zero attached hydrogens (tertiary/aromatic N) is 1. The summed E-state index contributed by atoms with van der Waals surface area (Å²) in [5, 5.41) is 3.00. The van der Waals surface area contributed by atoms with Crippen LogP contribution in [0.3, 0.4) is 0 Å². The van der Waals surface area contributed by atoms with Crippen LogP contribution in [0.2, 0.25) is 10.2 Å². The van der Waals surface area contributed by atoms with Crippen molar-refractivity contribution in [2.75, 3.05) is 5.33 Å². The van der Waals surface area contributed by atoms with E-state index in [1.807, 2.05) is 24.3 Å². The van der Waals surface area contributed by atoms with Gasteiger partial charge >= 0.3 is 0 Å². The Morgan fingerprint density at radius 1 is 1.25 bits per heavy atom. The minimum atomic E-state index is 0.160. The molecule has 0 fully saturated rings. The number of rotatable bonds is 2. The summed E-state index contributed by atoms with van der Waals surface area (Å²) in [4.78, 5) is 4.50. The molecule has 0 bridgehead atoms. The van der Waals surface area contributed by atoms with E-state index in [0.717, 1.165) is 21.8 Å². The molecule has 0 N–H and O–H groups in total. The molecule has 0 aliphatic carbocycles. The quantitative estimate of drug-likeness (QED) is 0.501. The van der Waals surface area contributed by atoms with Crippen molar-refractivity contribution in [3.8, 4) is 0 Å². The summed E-state index contributed by atoms with van der Waals surface area (Å²) < 4.78 is 0. The Morgan fingerprint density at radius 3 is 2.69 bits per heavy atom. The van der Waals surface area contributed by atoms with Crippen LogP contribution in [0.5, 0.6) is 0 Å². The van der Waals surface area contributed by atoms with Crippen LogP contribution >= 0.6 is 55.1 Å². The van der Waals surface area contributed by atoms with Gasteiger partial charge in [-0.05, 0) is 18.2 Å². The van der Waals surface area contributed by atoms with Gasteiger partial charge in [0, 0.05) is 21.3 Å². The molecule has 0 aliphatic rings. The van der Waals surface area contributed by atoms with E-state index >= 15 is 0 Å². The molecule has 1 atom stereocenters. The number of benzene rings is 1. The maximum atomic E-state index is 6.12. The first kappa shape index (κ1) is 12.6. The maximum Gasteiger partial charge on any atom is 0.134 e. The minimum absolute atomic E-state index is 0.160. The topological polar surface area (TPSA) is 12.9 Å². The zero-order valence-electron chi connectivity index (χ0n) is 8.05. The number of halogens is 4. The highest BCUT2D eigenvalue weighted by atomic mass is 79.9. The monoisotopic (exact) mass is 381 g/mol. The average molecular weight is 384 g/mol. The van der Waals surface area contributed by atoms with Gasteiger partial charge in [-0.2, -0.15) is 0 Å². The van der Waals surface area contributed by atoms with Crippen LogP contribution in [-0.2, 0) is 0 Å². The van der Waals surface area contributed by atoms with E-state index in [9.17, 15) is 0 Å². The molecule has 0 saturated heterocycles. The lowest BCUT2D eigenvalue weighted by molar-refractivity contribution is 1.13. The SMILES string of the molecule is Clc1ccc2cc(C(Br)CBr)c(Cl)nc2c1. The highest BCUT2D eigenvalue weighted by Gasteiger charge is 2.12. The number of pyridine rings is 1. The van der Waals surface area contributed by atoms with E-state index in [0.29, 0.717) is 10.2 Å². The molecule has 1 heterocycles. The second-order valence-corrected chi connectivity index (χ2v) is 5.87. The summed E-state index contributed by atoms with van der Waals surface area (Å²) in [6.45, 7) is 0. The van der Waals surface area contributed by atoms with Crippen LogP contribution in [0.1, 0.15) is 10.4 Å². The molecule has 1 aromatic heterocycles. The standard InChI is InChI=1S/C11H7Br2Cl2N/c12-5-9(13)8-3-6-1-2-7(14)4-10(6)16-11(8)15/h1-4,9H,5H2. The Hall–Kier alpha value is 0.170. The van der Waals surface area contributed by atoms with Crippen molar-refractivity contribution in [3.63, 3.8) is 0 Å². The average Bonchev–Trinajstić information content (AvgIpc) is 2.27. The molecule has 1 unspecified atom stereocenters. The lowest BCUT2D eigenvalue weighted by atomic mass is 10.1. The predicted octanol–water partition coefficient (Wildman–Crippen LogP) is 5.37. The van der Waals surface area contributed by atoms with Crippen molar-refractivity contribution in [1.29, 1.82) is 0 Å². The fraction of sp³-hybridized carbons (Fsp3) is 0.182. The number of aromatic nitrogens is 1. The van der Waals surface area contributed by atoms with Crippen LogP contribution in [0.4, 0.5) is 0 Å². The summed E-state index contributed by atoms with van der Waals surface area (Å²) in [6, 6.07) is 7.63. The molecule has 0 radical (unpaired) electrons. The molecule has 0 saturated carbocycles. The number of fused-ring (bicyclic) bond motifs is 1. The van der Waals surface area contributed by atoms with E-state index in [-0.39, 0.29) is 4.83 Å². The lowest BCUT2D eigenvalue weighted by Gasteiger charge is -2.09. The molecule has 16 heavy (non-hydrogen) atoms. The number of alkyl halides is 2. The molecule has 1 aromatic carbocycles. The van der Waals surface area contributed by atoms with Gasteiger partial charge in [0.05, 0.1) is 10.3 Å². The van der Waals surface area contributed by atoms with Crippen LogP contribution < -0.4 is 0 Å². The molecule has 2 aromatic rings. The van der Waals surface area contributed by atoms with E-state index in [2.05, 4.69) is 36.8 Å². The lowest BCUT2D eigenvalue weighted by Crippen LogP contribution is -1.95. The van der Waals surface area contributed by atoms with Crippen LogP contribution in [-0.4, -0.2) is 10.3 Å². The summed E-state index contributed by atoms with van der Waals surface area (Å²) >= 11 is 19.0. The Kier molecular flexibility index (Phi) is 4.11. The van der Waals surface area contributed by atoms with Gasteiger partial charge in [-0.3, -0.25) is 0 Å². The van der Waals surface area contributed by atoms with E-state index in [1.165, 1.54) is 0 Å². The third-order valence-electron chi connectivity index (χ3n) is 2.23. The van der Waals surface area contributed by atoms with Crippen molar-refractivity contribution in [1.82, 2.24) is 4.98 Å². The zero-order valence-corrected chi connectivity index (χ0v) is 12.7. The molecule has 84 valence electrons. The van der Waals surface area contributed by atoms with E-state index in [1.54, 1.807) is 0 Å². The highest BCUT2D eigenvalue weighted by Crippen LogP contribution is 2.32. The van der Waals surface area contributed by atoms with Crippen LogP contribution in [0.15, 0.2) is 24.3 Å². The van der Waals surface area contributed by atoms with Crippen molar-refractivity contribution in [2.45, 2.75) is 4.83 Å². The second-order valence-electron chi connectivity index (χ2n) is 3.33. The summed E-state index contributed by atoms with van der Waals surface area (Å²) in [7, 11) is 0. The first-order valence-electron chi connectivity index (χ1n) is 4.57. The predicted molar refractivity (Wildman–Crippen MR) is 77.2 cm³/mol. The van der Waals surface area contributed by atoms with Gasteiger partial charge in [0.25, 0.3) is 0 Å². The van der Waals surface area contributed by atoms with Gasteiger partial charge in [-0.15, -0.1) is 0 Å². The molecule has 0 amide bonds. The summed E-state index contributed by atoms with van der Waals surface area (Å²) in [5.41, 5.74) is 1.80. The Bertz CT molecular complexity index is 531. The largest absolute Gasteiger partial charge is 0.236 e. The maximum absolute atomic E-state index is 6.12. The number of hydrogen-bond acceptors (Lipinski definition) is 1. The fourth-order valence-corrected chi connectivity index (χ4v) is 2.71. The Morgan fingerprint density at radius 2 is 2.00 bits per heavy atom. The Balaban J connectivity index is 2.62. The molecular formula is C11H7Br2Cl2N. The molecule has 2 rings (SSSR count). The van der Waals surface area contributed by atoms with Crippen LogP contribution in [0.25, 0.3) is 10.9 Å². The molecule has 0 spiro atoms. The van der Waals surface area contributed by atoms with Gasteiger partial charge in [0.1, 0.15) is 5.15 Å². The number of hydrogen-bond donors (Lipinski definition) is 0. The smallest absolute Gasteiger partial charge is 0.134 e. The van der Waals surface area contributed by atoms with Gasteiger partial charge in [0.15, 0.2) is 0 Å². The Labute approximate surface area is 120 Å². The molecule has 1 nitrogen and oxygen atoms in total. The van der Waals surface area contributed by atoms with Crippen molar-refractivity contribution in [3.05, 3.63) is 40.0 Å². The van der Waals surface area contributed by atoms with Crippen molar-refractivity contribution >= 4 is 66.0 Å². The molecular weight excluding hydrogens is 377 g/mol. The van der Waals surface area contributed by atoms with E-state index < -0.39 is 0 Å². The second kappa shape index (κ2) is 5.21. The normalized spacial score (nSPS) is 13.0. The minimum Gasteiger partial charge on any atom is -0.236 e. The van der Waals surface area contributed by atoms with Crippen molar-refractivity contribution in [2.24, 2.45) is 0 Å². The van der Waals surface area contributed by atoms with Gasteiger partial charge in [-0.1, -0.05) is 61.1 Å². The third kappa shape index (κ3) is 2.53. The third-order valence-corrected chi connectivity index (χ3v) is 5.10. The van der Waals surface area contributed by atoms with Gasteiger partial charge in [0.2, 0.25) is 0 Å². The van der Waals surface area contributed by atoms with Crippen LogP contribution in [0, 0.1) is 0 Å². The van der Waals surface area contributed by atoms with Gasteiger partial charge in [-0.25, -0.2) is 4.98 Å². The first-order valence-corrected chi connectivity index (χ1v) is 7.37.